The van der Waals surface area contributed by atoms with Gasteiger partial charge in [0, 0.05) is 12.4 Å². The Bertz CT molecular complexity index is 1000. The zero-order valence-corrected chi connectivity index (χ0v) is 20.0. The minimum atomic E-state index is 0. The van der Waals surface area contributed by atoms with E-state index < -0.39 is 0 Å². The van der Waals surface area contributed by atoms with E-state index in [2.05, 4.69) is 65.9 Å². The zero-order chi connectivity index (χ0) is 18.9. The van der Waals surface area contributed by atoms with E-state index in [1.165, 1.54) is 21.9 Å². The standard InChI is InChI=1S/C15H14.C10H8N2.2CH3.Pt/c1-3-4-7-13-10-11-14-8-5-6-9-15(14)12(13)2;1-3-7-11-9(5-1)10-6-2-4-8-12-10;;;/h3-11H,1H2,2H3;1-8H;2*1H3;/q;;2*-1;+2/b7-4-;;;;. The Balaban J connectivity index is 0.000000519. The third kappa shape index (κ3) is 7.21. The van der Waals surface area contributed by atoms with Crippen LogP contribution in [-0.4, -0.2) is 9.97 Å². The molecule has 4 aromatic rings. The SMILES string of the molecule is C=C/C=C\c1ccc2ccccc2c1C.[CH3-].[CH3-].[Pt+2].c1ccc(-c2ccccn2)nc1. The molecule has 0 spiro atoms. The summed E-state index contributed by atoms with van der Waals surface area (Å²) in [6.07, 6.45) is 9.40. The van der Waals surface area contributed by atoms with Gasteiger partial charge in [-0.2, -0.15) is 0 Å². The van der Waals surface area contributed by atoms with Gasteiger partial charge in [-0.1, -0.05) is 73.3 Å². The fourth-order valence-electron chi connectivity index (χ4n) is 2.82. The van der Waals surface area contributed by atoms with Crippen LogP contribution in [0.3, 0.4) is 0 Å². The molecule has 0 radical (unpaired) electrons. The maximum absolute atomic E-state index is 4.19. The molecule has 0 saturated heterocycles. The van der Waals surface area contributed by atoms with Gasteiger partial charge >= 0.3 is 21.1 Å². The first-order valence-corrected chi connectivity index (χ1v) is 8.89. The van der Waals surface area contributed by atoms with Crippen molar-refractivity contribution in [3.05, 3.63) is 130 Å². The molecule has 2 aromatic carbocycles. The van der Waals surface area contributed by atoms with Gasteiger partial charge in [-0.25, -0.2) is 0 Å². The van der Waals surface area contributed by atoms with E-state index in [1.54, 1.807) is 18.5 Å². The molecule has 4 rings (SSSR count). The Morgan fingerprint density at radius 3 is 1.83 bits per heavy atom. The van der Waals surface area contributed by atoms with Crippen molar-refractivity contribution in [1.82, 2.24) is 9.97 Å². The first-order chi connectivity index (χ1) is 13.3. The Morgan fingerprint density at radius 1 is 0.733 bits per heavy atom. The average Bonchev–Trinajstić information content (AvgIpc) is 2.75. The van der Waals surface area contributed by atoms with E-state index in [-0.39, 0.29) is 35.9 Å². The number of aryl methyl sites for hydroxylation is 1. The van der Waals surface area contributed by atoms with Crippen LogP contribution >= 0.6 is 0 Å². The number of nitrogens with zero attached hydrogens (tertiary/aromatic N) is 2. The van der Waals surface area contributed by atoms with Crippen molar-refractivity contribution in [3.8, 4) is 11.4 Å². The van der Waals surface area contributed by atoms with E-state index >= 15 is 0 Å². The van der Waals surface area contributed by atoms with Crippen LogP contribution < -0.4 is 0 Å². The summed E-state index contributed by atoms with van der Waals surface area (Å²) in [5.74, 6) is 0. The van der Waals surface area contributed by atoms with Crippen molar-refractivity contribution in [1.29, 1.82) is 0 Å². The summed E-state index contributed by atoms with van der Waals surface area (Å²) in [6, 6.07) is 24.4. The molecule has 2 heterocycles. The van der Waals surface area contributed by atoms with Gasteiger partial charge in [0.15, 0.2) is 0 Å². The number of pyridine rings is 2. The molecule has 0 saturated carbocycles. The molecule has 0 amide bonds. The van der Waals surface area contributed by atoms with Crippen LogP contribution in [-0.2, 0) is 21.1 Å². The van der Waals surface area contributed by atoms with Gasteiger partial charge in [0.1, 0.15) is 0 Å². The second-order valence-corrected chi connectivity index (χ2v) is 6.03. The quantitative estimate of drug-likeness (QED) is 0.188. The third-order valence-electron chi connectivity index (χ3n) is 4.24. The number of hydrogen-bond donors (Lipinski definition) is 0. The fourth-order valence-corrected chi connectivity index (χ4v) is 2.82. The van der Waals surface area contributed by atoms with Crippen LogP contribution in [0.2, 0.25) is 0 Å². The average molecular weight is 576 g/mol. The van der Waals surface area contributed by atoms with Gasteiger partial charge in [-0.15, -0.1) is 0 Å². The number of hydrogen-bond acceptors (Lipinski definition) is 2. The molecule has 0 atom stereocenters. The van der Waals surface area contributed by atoms with Crippen molar-refractivity contribution >= 4 is 16.8 Å². The van der Waals surface area contributed by atoms with Crippen LogP contribution in [0.5, 0.6) is 0 Å². The van der Waals surface area contributed by atoms with Crippen LogP contribution in [0.25, 0.3) is 28.2 Å². The van der Waals surface area contributed by atoms with E-state index in [0.29, 0.717) is 0 Å². The van der Waals surface area contributed by atoms with Gasteiger partial charge in [-0.3, -0.25) is 9.97 Å². The molecular weight excluding hydrogens is 547 g/mol. The number of allylic oxidation sites excluding steroid dienone is 2. The summed E-state index contributed by atoms with van der Waals surface area (Å²) in [6.45, 7) is 5.84. The Hall–Kier alpha value is -2.83. The molecule has 0 unspecified atom stereocenters. The second-order valence-electron chi connectivity index (χ2n) is 6.03. The topological polar surface area (TPSA) is 25.8 Å². The van der Waals surface area contributed by atoms with Crippen molar-refractivity contribution < 1.29 is 21.1 Å². The van der Waals surface area contributed by atoms with E-state index in [4.69, 9.17) is 0 Å². The van der Waals surface area contributed by atoms with Crippen LogP contribution in [0, 0.1) is 21.8 Å². The summed E-state index contributed by atoms with van der Waals surface area (Å²) < 4.78 is 0. The number of aromatic nitrogens is 2. The first-order valence-electron chi connectivity index (χ1n) is 8.89. The second kappa shape index (κ2) is 14.2. The van der Waals surface area contributed by atoms with E-state index in [9.17, 15) is 0 Å². The summed E-state index contributed by atoms with van der Waals surface area (Å²) in [7, 11) is 0. The summed E-state index contributed by atoms with van der Waals surface area (Å²) in [5.41, 5.74) is 4.41. The van der Waals surface area contributed by atoms with Gasteiger partial charge in [-0.05, 0) is 53.1 Å². The number of fused-ring (bicyclic) bond motifs is 1. The maximum Gasteiger partial charge on any atom is 2.00 e. The van der Waals surface area contributed by atoms with E-state index in [0.717, 1.165) is 11.4 Å². The molecular formula is C27H28N2Pt. The van der Waals surface area contributed by atoms with Gasteiger partial charge < -0.3 is 14.9 Å². The van der Waals surface area contributed by atoms with Gasteiger partial charge in [0.2, 0.25) is 0 Å². The Morgan fingerprint density at radius 2 is 1.30 bits per heavy atom. The molecule has 0 N–H and O–H groups in total. The third-order valence-corrected chi connectivity index (χ3v) is 4.24. The molecule has 30 heavy (non-hydrogen) atoms. The Kier molecular flexibility index (Phi) is 12.9. The summed E-state index contributed by atoms with van der Waals surface area (Å²) in [5, 5.41) is 2.62. The fraction of sp³-hybridized carbons (Fsp3) is 0.0370. The largest absolute Gasteiger partial charge is 2.00 e. The van der Waals surface area contributed by atoms with Crippen molar-refractivity contribution in [3.63, 3.8) is 0 Å². The molecule has 0 fully saturated rings. The normalized spacial score (nSPS) is 9.37. The predicted molar refractivity (Wildman–Crippen MR) is 128 cm³/mol. The molecule has 0 aliphatic rings. The minimum Gasteiger partial charge on any atom is -0.358 e. The molecule has 0 aliphatic carbocycles. The van der Waals surface area contributed by atoms with Crippen molar-refractivity contribution in [2.75, 3.05) is 0 Å². The van der Waals surface area contributed by atoms with Crippen LogP contribution in [0.4, 0.5) is 0 Å². The smallest absolute Gasteiger partial charge is 0.358 e. The molecule has 2 nitrogen and oxygen atoms in total. The predicted octanol–water partition coefficient (Wildman–Crippen LogP) is 7.39. The zero-order valence-electron chi connectivity index (χ0n) is 17.7. The Labute approximate surface area is 195 Å². The summed E-state index contributed by atoms with van der Waals surface area (Å²) in [4.78, 5) is 8.37. The minimum absolute atomic E-state index is 0. The molecule has 3 heteroatoms. The molecule has 2 aromatic heterocycles. The molecule has 0 aliphatic heterocycles. The van der Waals surface area contributed by atoms with Crippen molar-refractivity contribution in [2.24, 2.45) is 0 Å². The first kappa shape index (κ1) is 27.2. The monoisotopic (exact) mass is 575 g/mol. The van der Waals surface area contributed by atoms with E-state index in [1.807, 2.05) is 42.5 Å². The number of benzene rings is 2. The van der Waals surface area contributed by atoms with Crippen molar-refractivity contribution in [2.45, 2.75) is 6.92 Å². The van der Waals surface area contributed by atoms with Gasteiger partial charge in [0.05, 0.1) is 11.4 Å². The number of rotatable bonds is 3. The van der Waals surface area contributed by atoms with Crippen LogP contribution in [0.15, 0.2) is 104 Å². The maximum atomic E-state index is 4.19. The summed E-state index contributed by atoms with van der Waals surface area (Å²) >= 11 is 0. The molecule has 156 valence electrons. The molecule has 0 bridgehead atoms. The van der Waals surface area contributed by atoms with Crippen LogP contribution in [0.1, 0.15) is 11.1 Å². The van der Waals surface area contributed by atoms with Gasteiger partial charge in [0.25, 0.3) is 0 Å².